The summed E-state index contributed by atoms with van der Waals surface area (Å²) in [6.07, 6.45) is -6.72. The molecule has 3 amide bonds. The van der Waals surface area contributed by atoms with Gasteiger partial charge in [-0.2, -0.15) is 13.2 Å². The van der Waals surface area contributed by atoms with E-state index in [4.69, 9.17) is 16.2 Å². The molecule has 0 aliphatic heterocycles. The Bertz CT molecular complexity index is 1890. The lowest BCUT2D eigenvalue weighted by Crippen LogP contribution is -2.72. The summed E-state index contributed by atoms with van der Waals surface area (Å²) in [5.74, 6) is -4.19. The number of alkyl halides is 3. The molecule has 268 valence electrons. The molecule has 0 heterocycles. The largest absolute Gasteiger partial charge is 0.452 e. The molecule has 0 saturated carbocycles. The molecule has 0 bridgehead atoms. The van der Waals surface area contributed by atoms with Gasteiger partial charge < -0.3 is 20.7 Å². The van der Waals surface area contributed by atoms with Crippen LogP contribution < -0.4 is 32.4 Å². The van der Waals surface area contributed by atoms with E-state index in [-0.39, 0.29) is 23.5 Å². The highest BCUT2D eigenvalue weighted by Crippen LogP contribution is 2.24. The topological polar surface area (TPSA) is 180 Å². The standard InChI is InChI=1S/C37H39F3N6O5/c1-36(2,3)51-35(50)45-29(20-22-9-5-4-6-10-22)32(48)46-30(26-16-15-24-11-7-8-12-25(24)21-26)33(49)44-28(31(47)37(38,39)40)19-23-13-17-27(18-14-23)43-34(41)42/h4-18,21,28-30H,19-20H2,1-3H3,(H,44,49)(H,45,50)(H,46,48)(H4,41,42,43)/p+1/t28?,29-,30+/m1/s1. The molecule has 4 aromatic carbocycles. The van der Waals surface area contributed by atoms with E-state index in [0.29, 0.717) is 16.6 Å². The predicted molar refractivity (Wildman–Crippen MR) is 185 cm³/mol. The lowest BCUT2D eigenvalue weighted by atomic mass is 9.98. The summed E-state index contributed by atoms with van der Waals surface area (Å²) in [5.41, 5.74) is 11.6. The third-order valence-electron chi connectivity index (χ3n) is 7.54. The Kier molecular flexibility index (Phi) is 12.0. The van der Waals surface area contributed by atoms with Gasteiger partial charge in [0.2, 0.25) is 11.8 Å². The maximum Gasteiger partial charge on any atom is 0.452 e. The van der Waals surface area contributed by atoms with E-state index in [1.807, 2.05) is 12.1 Å². The van der Waals surface area contributed by atoms with E-state index in [9.17, 15) is 32.3 Å². The van der Waals surface area contributed by atoms with Crippen LogP contribution in [-0.2, 0) is 32.0 Å². The highest BCUT2D eigenvalue weighted by molar-refractivity contribution is 5.97. The van der Waals surface area contributed by atoms with Crippen LogP contribution in [0.5, 0.6) is 0 Å². The lowest BCUT2D eigenvalue weighted by Gasteiger charge is -2.27. The summed E-state index contributed by atoms with van der Waals surface area (Å²) in [5, 5.41) is 8.88. The Morgan fingerprint density at radius 2 is 1.29 bits per heavy atom. The number of carbonyl (C=O) groups is 4. The summed E-state index contributed by atoms with van der Waals surface area (Å²) < 4.78 is 46.9. The number of amides is 3. The second-order valence-electron chi connectivity index (χ2n) is 12.8. The highest BCUT2D eigenvalue weighted by Gasteiger charge is 2.44. The average Bonchev–Trinajstić information content (AvgIpc) is 3.05. The lowest BCUT2D eigenvalue weighted by molar-refractivity contribution is -0.356. The Morgan fingerprint density at radius 1 is 0.706 bits per heavy atom. The number of Topliss-reactive ketones (excluding diaryl/α,β-unsaturated/α-hetero) is 1. The van der Waals surface area contributed by atoms with E-state index in [1.165, 1.54) is 24.3 Å². The first-order valence-electron chi connectivity index (χ1n) is 16.0. The number of rotatable bonds is 12. The van der Waals surface area contributed by atoms with Crippen LogP contribution >= 0.6 is 0 Å². The molecule has 51 heavy (non-hydrogen) atoms. The van der Waals surface area contributed by atoms with Crippen LogP contribution in [0.3, 0.4) is 0 Å². The molecular weight excluding hydrogens is 665 g/mol. The molecule has 0 aliphatic rings. The third kappa shape index (κ3) is 11.3. The number of guanidine groups is 1. The summed E-state index contributed by atoms with van der Waals surface area (Å²) in [4.78, 5) is 56.1. The van der Waals surface area contributed by atoms with Gasteiger partial charge in [-0.05, 0) is 66.4 Å². The van der Waals surface area contributed by atoms with Crippen LogP contribution in [0.15, 0.2) is 97.1 Å². The number of carbonyl (C=O) groups excluding carboxylic acids is 4. The van der Waals surface area contributed by atoms with Crippen LogP contribution in [-0.4, -0.2) is 53.5 Å². The van der Waals surface area contributed by atoms with Crippen molar-refractivity contribution in [2.24, 2.45) is 11.5 Å². The highest BCUT2D eigenvalue weighted by atomic mass is 19.4. The van der Waals surface area contributed by atoms with Gasteiger partial charge in [-0.1, -0.05) is 78.9 Å². The van der Waals surface area contributed by atoms with Crippen molar-refractivity contribution in [3.05, 3.63) is 114 Å². The fourth-order valence-electron chi connectivity index (χ4n) is 5.23. The number of alkyl carbamates (subject to hydrolysis) is 1. The summed E-state index contributed by atoms with van der Waals surface area (Å²) in [6, 6.07) is 21.8. The molecule has 8 N–H and O–H groups in total. The minimum atomic E-state index is -5.29. The number of ketones is 1. The SMILES string of the molecule is CC(C)(C)OC(=O)N[C@H](Cc1ccccc1)C(=O)N[C@H](C(=O)NC(Cc1ccc([NH+]=C(N)N)cc1)C(=O)C(F)(F)F)c1ccc2ccccc2c1. The maximum atomic E-state index is 14.0. The van der Waals surface area contributed by atoms with E-state index in [2.05, 4.69) is 20.9 Å². The number of nitrogens with two attached hydrogens (primary N) is 2. The van der Waals surface area contributed by atoms with Gasteiger partial charge in [-0.15, -0.1) is 0 Å². The van der Waals surface area contributed by atoms with Crippen molar-refractivity contribution in [1.29, 1.82) is 0 Å². The Hall–Kier alpha value is -5.92. The van der Waals surface area contributed by atoms with Crippen LogP contribution in [0.1, 0.15) is 43.5 Å². The molecule has 0 spiro atoms. The number of hydrogen-bond donors (Lipinski definition) is 6. The van der Waals surface area contributed by atoms with Gasteiger partial charge in [-0.3, -0.25) is 25.9 Å². The molecule has 3 atom stereocenters. The molecule has 11 nitrogen and oxygen atoms in total. The molecule has 14 heteroatoms. The monoisotopic (exact) mass is 705 g/mol. The van der Waals surface area contributed by atoms with Crippen LogP contribution in [0.2, 0.25) is 0 Å². The van der Waals surface area contributed by atoms with Crippen molar-refractivity contribution in [1.82, 2.24) is 16.0 Å². The first kappa shape index (κ1) is 37.9. The van der Waals surface area contributed by atoms with Crippen LogP contribution in [0.25, 0.3) is 10.8 Å². The number of fused-ring (bicyclic) bond motifs is 1. The maximum absolute atomic E-state index is 14.0. The van der Waals surface area contributed by atoms with Crippen LogP contribution in [0.4, 0.5) is 23.7 Å². The second kappa shape index (κ2) is 16.2. The van der Waals surface area contributed by atoms with Crippen molar-refractivity contribution in [3.63, 3.8) is 0 Å². The van der Waals surface area contributed by atoms with Crippen molar-refractivity contribution >= 4 is 46.1 Å². The number of benzene rings is 4. The molecule has 0 radical (unpaired) electrons. The number of nitrogens with one attached hydrogen (secondary N) is 4. The Balaban J connectivity index is 1.69. The summed E-state index contributed by atoms with van der Waals surface area (Å²) >= 11 is 0. The smallest absolute Gasteiger partial charge is 0.444 e. The van der Waals surface area contributed by atoms with Crippen molar-refractivity contribution < 1.29 is 42.1 Å². The van der Waals surface area contributed by atoms with Gasteiger partial charge >= 0.3 is 18.2 Å². The molecule has 0 fully saturated rings. The third-order valence-corrected chi connectivity index (χ3v) is 7.54. The number of ether oxygens (including phenoxy) is 1. The average molecular weight is 706 g/mol. The molecular formula is C37H40F3N6O5+. The van der Waals surface area contributed by atoms with Crippen LogP contribution in [0, 0.1) is 0 Å². The molecule has 0 aliphatic carbocycles. The summed E-state index contributed by atoms with van der Waals surface area (Å²) in [6.45, 7) is 4.95. The quantitative estimate of drug-likeness (QED) is 0.0969. The zero-order valence-corrected chi connectivity index (χ0v) is 28.2. The molecule has 4 aromatic rings. The zero-order valence-electron chi connectivity index (χ0n) is 28.2. The molecule has 0 aromatic heterocycles. The minimum absolute atomic E-state index is 0.00835. The second-order valence-corrected chi connectivity index (χ2v) is 12.8. The normalized spacial score (nSPS) is 13.3. The van der Waals surface area contributed by atoms with Gasteiger partial charge in [0.25, 0.3) is 5.78 Å². The van der Waals surface area contributed by atoms with Crippen molar-refractivity contribution in [3.8, 4) is 0 Å². The van der Waals surface area contributed by atoms with Gasteiger partial charge in [-0.25, -0.2) is 9.79 Å². The first-order chi connectivity index (χ1) is 24.0. The fourth-order valence-corrected chi connectivity index (χ4v) is 5.23. The van der Waals surface area contributed by atoms with E-state index in [1.54, 1.807) is 81.4 Å². The summed E-state index contributed by atoms with van der Waals surface area (Å²) in [7, 11) is 0. The Labute approximate surface area is 292 Å². The van der Waals surface area contributed by atoms with Gasteiger partial charge in [0, 0.05) is 12.8 Å². The number of halogens is 3. The van der Waals surface area contributed by atoms with Crippen molar-refractivity contribution in [2.45, 2.75) is 63.5 Å². The number of hydrogen-bond acceptors (Lipinski definition) is 5. The van der Waals surface area contributed by atoms with E-state index in [0.717, 1.165) is 5.39 Å². The first-order valence-corrected chi connectivity index (χ1v) is 16.0. The minimum Gasteiger partial charge on any atom is -0.444 e. The zero-order chi connectivity index (χ0) is 37.3. The van der Waals surface area contributed by atoms with E-state index < -0.39 is 60.0 Å². The van der Waals surface area contributed by atoms with Gasteiger partial charge in [0.1, 0.15) is 23.7 Å². The van der Waals surface area contributed by atoms with Gasteiger partial charge in [0.05, 0.1) is 5.69 Å². The predicted octanol–water partition coefficient (Wildman–Crippen LogP) is 2.98. The molecule has 4 rings (SSSR count). The Morgan fingerprint density at radius 3 is 1.90 bits per heavy atom. The van der Waals surface area contributed by atoms with Gasteiger partial charge in [0.15, 0.2) is 0 Å². The fraction of sp³-hybridized carbons (Fsp3) is 0.270. The van der Waals surface area contributed by atoms with E-state index >= 15 is 0 Å². The molecule has 0 saturated heterocycles. The molecule has 1 unspecified atom stereocenters. The van der Waals surface area contributed by atoms with Crippen molar-refractivity contribution in [2.75, 3.05) is 0 Å².